The molecule has 3 aromatic heterocycles. The van der Waals surface area contributed by atoms with Crippen molar-refractivity contribution in [2.24, 2.45) is 0 Å². The minimum absolute atomic E-state index is 0.0815. The van der Waals surface area contributed by atoms with Crippen LogP contribution in [0.4, 0.5) is 10.9 Å². The van der Waals surface area contributed by atoms with E-state index >= 15 is 0 Å². The van der Waals surface area contributed by atoms with E-state index in [0.717, 1.165) is 36.3 Å². The summed E-state index contributed by atoms with van der Waals surface area (Å²) in [6, 6.07) is 13.4. The topological polar surface area (TPSA) is 83.0 Å². The minimum atomic E-state index is -0.0815. The highest BCUT2D eigenvalue weighted by atomic mass is 79.9. The lowest BCUT2D eigenvalue weighted by Crippen LogP contribution is -2.31. The molecule has 0 bridgehead atoms. The van der Waals surface area contributed by atoms with Crippen LogP contribution in [-0.2, 0) is 0 Å². The highest BCUT2D eigenvalue weighted by molar-refractivity contribution is 9.10. The molecule has 7 nitrogen and oxygen atoms in total. The average molecular weight is 529 g/mol. The summed E-state index contributed by atoms with van der Waals surface area (Å²) in [5.74, 6) is 0.611. The molecule has 0 aliphatic heterocycles. The van der Waals surface area contributed by atoms with E-state index in [1.54, 1.807) is 12.4 Å². The van der Waals surface area contributed by atoms with E-state index < -0.39 is 0 Å². The number of thiazole rings is 1. The minimum Gasteiger partial charge on any atom is -0.351 e. The number of aromatic nitrogens is 3. The molecule has 4 rings (SSSR count). The van der Waals surface area contributed by atoms with Gasteiger partial charge in [-0.15, -0.1) is 0 Å². The summed E-state index contributed by atoms with van der Waals surface area (Å²) >= 11 is 6.52. The van der Waals surface area contributed by atoms with Gasteiger partial charge in [-0.2, -0.15) is 0 Å². The van der Waals surface area contributed by atoms with E-state index in [-0.39, 0.29) is 5.91 Å². The van der Waals surface area contributed by atoms with E-state index in [1.165, 1.54) is 23.1 Å². The summed E-state index contributed by atoms with van der Waals surface area (Å²) in [5, 5.41) is 6.99. The number of carbonyl (C=O) groups excluding carboxylic acids is 1. The van der Waals surface area contributed by atoms with Crippen molar-refractivity contribution in [1.29, 1.82) is 0 Å². The molecule has 1 aromatic carbocycles. The monoisotopic (exact) mass is 528 g/mol. The van der Waals surface area contributed by atoms with Crippen molar-refractivity contribution in [3.63, 3.8) is 0 Å². The Hall–Kier alpha value is -2.53. The molecule has 3 heterocycles. The number of benzene rings is 1. The number of hydrogen-bond acceptors (Lipinski definition) is 8. The Morgan fingerprint density at radius 3 is 2.88 bits per heavy atom. The maximum absolute atomic E-state index is 12.5. The molecule has 0 radical (unpaired) electrons. The lowest BCUT2D eigenvalue weighted by atomic mass is 10.2. The van der Waals surface area contributed by atoms with Gasteiger partial charge in [0.05, 0.1) is 4.90 Å². The normalized spacial score (nSPS) is 11.1. The molecule has 0 saturated heterocycles. The number of amides is 1. The van der Waals surface area contributed by atoms with Crippen LogP contribution >= 0.6 is 39.0 Å². The van der Waals surface area contributed by atoms with E-state index in [9.17, 15) is 4.79 Å². The van der Waals surface area contributed by atoms with Gasteiger partial charge in [-0.05, 0) is 66.4 Å². The number of nitrogens with one attached hydrogen (secondary N) is 2. The standard InChI is InChI=1S/C22H21BrN6OS2/c1-29(2)10-9-24-20(30)14-5-3-6-16(11-14)31-18-12-15(23)13-26-19(18)28-22-27-17-7-4-8-25-21(17)32-22/h3-8,11-13H,9-10H2,1-2H3,(H,24,30)(H,26,27,28). The van der Waals surface area contributed by atoms with Crippen LogP contribution in [0.5, 0.6) is 0 Å². The maximum atomic E-state index is 12.5. The van der Waals surface area contributed by atoms with Gasteiger partial charge < -0.3 is 15.5 Å². The molecule has 2 N–H and O–H groups in total. The smallest absolute Gasteiger partial charge is 0.251 e. The van der Waals surface area contributed by atoms with Crippen molar-refractivity contribution in [2.75, 3.05) is 32.5 Å². The Morgan fingerprint density at radius 2 is 2.06 bits per heavy atom. The summed E-state index contributed by atoms with van der Waals surface area (Å²) in [7, 11) is 3.96. The molecular weight excluding hydrogens is 508 g/mol. The number of carbonyl (C=O) groups is 1. The number of nitrogens with zero attached hydrogens (tertiary/aromatic N) is 4. The first kappa shape index (κ1) is 22.7. The molecule has 164 valence electrons. The van der Waals surface area contributed by atoms with Crippen molar-refractivity contribution in [2.45, 2.75) is 9.79 Å². The Labute approximate surface area is 202 Å². The van der Waals surface area contributed by atoms with Crippen LogP contribution in [0.2, 0.25) is 0 Å². The summed E-state index contributed by atoms with van der Waals surface area (Å²) < 4.78 is 0.870. The van der Waals surface area contributed by atoms with Gasteiger partial charge in [-0.25, -0.2) is 15.0 Å². The first-order valence-electron chi connectivity index (χ1n) is 9.83. The summed E-state index contributed by atoms with van der Waals surface area (Å²) in [6.07, 6.45) is 3.50. The number of hydrogen-bond donors (Lipinski definition) is 2. The third-order valence-corrected chi connectivity index (χ3v) is 6.73. The van der Waals surface area contributed by atoms with Crippen LogP contribution in [0, 0.1) is 0 Å². The molecule has 1 amide bonds. The SMILES string of the molecule is CN(C)CCNC(=O)c1cccc(Sc2cc(Br)cnc2Nc2nc3cccnc3s2)c1. The van der Waals surface area contributed by atoms with Gasteiger partial charge in [0.15, 0.2) is 5.13 Å². The zero-order chi connectivity index (χ0) is 22.5. The molecule has 10 heteroatoms. The Morgan fingerprint density at radius 1 is 1.19 bits per heavy atom. The number of rotatable bonds is 8. The molecule has 4 aromatic rings. The third kappa shape index (κ3) is 5.83. The van der Waals surface area contributed by atoms with Crippen LogP contribution in [0.3, 0.4) is 0 Å². The number of fused-ring (bicyclic) bond motifs is 1. The van der Waals surface area contributed by atoms with E-state index in [2.05, 4.69) is 41.5 Å². The highest BCUT2D eigenvalue weighted by Gasteiger charge is 2.12. The second-order valence-electron chi connectivity index (χ2n) is 7.16. The van der Waals surface area contributed by atoms with Gasteiger partial charge in [-0.1, -0.05) is 29.2 Å². The molecule has 32 heavy (non-hydrogen) atoms. The Balaban J connectivity index is 1.53. The summed E-state index contributed by atoms with van der Waals surface area (Å²) in [6.45, 7) is 1.39. The van der Waals surface area contributed by atoms with Crippen LogP contribution < -0.4 is 10.6 Å². The maximum Gasteiger partial charge on any atom is 0.251 e. The first-order chi connectivity index (χ1) is 15.5. The summed E-state index contributed by atoms with van der Waals surface area (Å²) in [4.78, 5) is 30.7. The third-order valence-electron chi connectivity index (χ3n) is 4.38. The van der Waals surface area contributed by atoms with Crippen molar-refractivity contribution < 1.29 is 4.79 Å². The number of likely N-dealkylation sites (N-methyl/N-ethyl adjacent to an activating group) is 1. The average Bonchev–Trinajstić information content (AvgIpc) is 3.18. The molecule has 0 unspecified atom stereocenters. The molecule has 0 saturated carbocycles. The Bertz CT molecular complexity index is 1210. The van der Waals surface area contributed by atoms with Gasteiger partial charge in [0.2, 0.25) is 0 Å². The second-order valence-corrected chi connectivity index (χ2v) is 10.2. The van der Waals surface area contributed by atoms with Gasteiger partial charge in [0.1, 0.15) is 16.2 Å². The zero-order valence-electron chi connectivity index (χ0n) is 17.5. The lowest BCUT2D eigenvalue weighted by molar-refractivity contribution is 0.0951. The highest BCUT2D eigenvalue weighted by Crippen LogP contribution is 2.36. The van der Waals surface area contributed by atoms with Crippen LogP contribution in [0.1, 0.15) is 10.4 Å². The fourth-order valence-electron chi connectivity index (χ4n) is 2.84. The van der Waals surface area contributed by atoms with Crippen molar-refractivity contribution >= 4 is 66.2 Å². The largest absolute Gasteiger partial charge is 0.351 e. The quantitative estimate of drug-likeness (QED) is 0.331. The van der Waals surface area contributed by atoms with Gasteiger partial charge in [-0.3, -0.25) is 4.79 Å². The number of pyridine rings is 2. The molecule has 0 aliphatic carbocycles. The van der Waals surface area contributed by atoms with Gasteiger partial charge >= 0.3 is 0 Å². The molecular formula is C22H21BrN6OS2. The second kappa shape index (κ2) is 10.4. The predicted octanol–water partition coefficient (Wildman–Crippen LogP) is 5.04. The van der Waals surface area contributed by atoms with Crippen LogP contribution in [0.15, 0.2) is 69.1 Å². The van der Waals surface area contributed by atoms with Gasteiger partial charge in [0, 0.05) is 40.4 Å². The van der Waals surface area contributed by atoms with Crippen molar-refractivity contribution in [3.8, 4) is 0 Å². The Kier molecular flexibility index (Phi) is 7.36. The van der Waals surface area contributed by atoms with E-state index in [4.69, 9.17) is 0 Å². The van der Waals surface area contributed by atoms with Crippen molar-refractivity contribution in [3.05, 3.63) is 64.9 Å². The van der Waals surface area contributed by atoms with Gasteiger partial charge in [0.25, 0.3) is 5.91 Å². The number of halogens is 1. The molecule has 0 spiro atoms. The fraction of sp³-hybridized carbons (Fsp3) is 0.182. The van der Waals surface area contributed by atoms with E-state index in [0.29, 0.717) is 17.9 Å². The fourth-order valence-corrected chi connectivity index (χ4v) is 5.10. The number of anilines is 2. The van der Waals surface area contributed by atoms with Crippen molar-refractivity contribution in [1.82, 2.24) is 25.2 Å². The van der Waals surface area contributed by atoms with E-state index in [1.807, 2.05) is 61.5 Å². The lowest BCUT2D eigenvalue weighted by Gasteiger charge is -2.12. The predicted molar refractivity (Wildman–Crippen MR) is 134 cm³/mol. The molecule has 0 fully saturated rings. The molecule has 0 atom stereocenters. The first-order valence-corrected chi connectivity index (χ1v) is 12.3. The zero-order valence-corrected chi connectivity index (χ0v) is 20.7. The molecule has 0 aliphatic rings. The summed E-state index contributed by atoms with van der Waals surface area (Å²) in [5.41, 5.74) is 1.47. The van der Waals surface area contributed by atoms with Crippen LogP contribution in [-0.4, -0.2) is 52.9 Å². The van der Waals surface area contributed by atoms with Crippen LogP contribution in [0.25, 0.3) is 10.3 Å².